The van der Waals surface area contributed by atoms with E-state index in [-0.39, 0.29) is 23.7 Å². The zero-order chi connectivity index (χ0) is 24.5. The van der Waals surface area contributed by atoms with Crippen molar-refractivity contribution in [1.29, 1.82) is 0 Å². The third-order valence-electron chi connectivity index (χ3n) is 6.29. The first-order valence-corrected chi connectivity index (χ1v) is 13.0. The highest BCUT2D eigenvalue weighted by Crippen LogP contribution is 2.39. The van der Waals surface area contributed by atoms with E-state index in [0.717, 1.165) is 10.6 Å². The first-order chi connectivity index (χ1) is 14.7. The summed E-state index contributed by atoms with van der Waals surface area (Å²) in [5.41, 5.74) is 0. The molecule has 2 fully saturated rings. The topological polar surface area (TPSA) is 133 Å². The average Bonchev–Trinajstić information content (AvgIpc) is 3.18. The van der Waals surface area contributed by atoms with Crippen molar-refractivity contribution in [1.82, 2.24) is 19.8 Å². The lowest BCUT2D eigenvalue weighted by atomic mass is 9.94. The van der Waals surface area contributed by atoms with Gasteiger partial charge in [-0.1, -0.05) is 34.6 Å². The van der Waals surface area contributed by atoms with Crippen LogP contribution >= 0.6 is 0 Å². The summed E-state index contributed by atoms with van der Waals surface area (Å²) in [4.78, 5) is 52.3. The first kappa shape index (κ1) is 26.1. The van der Waals surface area contributed by atoms with Crippen LogP contribution in [0.15, 0.2) is 0 Å². The fourth-order valence-corrected chi connectivity index (χ4v) is 5.97. The monoisotopic (exact) mass is 472 g/mol. The maximum atomic E-state index is 13.5. The largest absolute Gasteiger partial charge is 0.344 e. The van der Waals surface area contributed by atoms with Gasteiger partial charge in [-0.05, 0) is 24.7 Å². The number of hydrogen-bond donors (Lipinski definition) is 2. The third-order valence-corrected chi connectivity index (χ3v) is 7.45. The Hall–Kier alpha value is -2.17. The van der Waals surface area contributed by atoms with Gasteiger partial charge in [-0.2, -0.15) is 0 Å². The van der Waals surface area contributed by atoms with Crippen LogP contribution in [0, 0.1) is 17.8 Å². The summed E-state index contributed by atoms with van der Waals surface area (Å²) < 4.78 is 25.4. The Morgan fingerprint density at radius 2 is 1.62 bits per heavy atom. The summed E-state index contributed by atoms with van der Waals surface area (Å²) in [7, 11) is -3.75. The fraction of sp³-hybridized carbons (Fsp3) is 0.810. The molecule has 2 aliphatic heterocycles. The SMILES string of the molecule is CCC1C(=O)N(S(C)(=O)=O)[C@H]2CCN(C(=O)[C@@H](NC(=O)[C@@H](NC(C)=O)C(C)C)C(C)C)[C@H]12. The van der Waals surface area contributed by atoms with Crippen molar-refractivity contribution in [2.75, 3.05) is 12.8 Å². The van der Waals surface area contributed by atoms with Gasteiger partial charge in [0.25, 0.3) is 0 Å². The summed E-state index contributed by atoms with van der Waals surface area (Å²) in [5, 5.41) is 5.40. The molecule has 4 amide bonds. The molecule has 0 saturated carbocycles. The molecule has 0 aromatic carbocycles. The molecule has 5 atom stereocenters. The van der Waals surface area contributed by atoms with Gasteiger partial charge in [0.05, 0.1) is 24.3 Å². The summed E-state index contributed by atoms with van der Waals surface area (Å²) in [6.45, 7) is 10.6. The van der Waals surface area contributed by atoms with Gasteiger partial charge in [-0.3, -0.25) is 19.2 Å². The summed E-state index contributed by atoms with van der Waals surface area (Å²) in [5.74, 6) is -2.65. The molecule has 182 valence electrons. The molecule has 11 heteroatoms. The second-order valence-corrected chi connectivity index (χ2v) is 11.3. The Labute approximate surface area is 190 Å². The molecule has 2 rings (SSSR count). The van der Waals surface area contributed by atoms with E-state index < -0.39 is 51.9 Å². The van der Waals surface area contributed by atoms with Gasteiger partial charge in [0.1, 0.15) is 12.1 Å². The Bertz CT molecular complexity index is 872. The fourth-order valence-electron chi connectivity index (χ4n) is 4.78. The molecule has 2 aliphatic rings. The van der Waals surface area contributed by atoms with Crippen LogP contribution in [0.2, 0.25) is 0 Å². The van der Waals surface area contributed by atoms with E-state index in [9.17, 15) is 27.6 Å². The Kier molecular flexibility index (Phi) is 7.96. The molecule has 0 spiro atoms. The lowest BCUT2D eigenvalue weighted by Gasteiger charge is -2.33. The van der Waals surface area contributed by atoms with Crippen LogP contribution in [0.25, 0.3) is 0 Å². The van der Waals surface area contributed by atoms with E-state index in [1.807, 2.05) is 0 Å². The minimum Gasteiger partial charge on any atom is -0.344 e. The highest BCUT2D eigenvalue weighted by Gasteiger charge is 2.57. The van der Waals surface area contributed by atoms with Gasteiger partial charge >= 0.3 is 0 Å². The number of sulfonamides is 1. The molecule has 1 unspecified atom stereocenters. The van der Waals surface area contributed by atoms with Crippen molar-refractivity contribution in [2.24, 2.45) is 17.8 Å². The standard InChI is InChI=1S/C21H36N4O6S/c1-8-14-18-15(25(20(14)28)32(7,30)31)9-10-24(18)21(29)17(12(4)5)23-19(27)16(11(2)3)22-13(6)26/h11-12,14-18H,8-10H2,1-7H3,(H,22,26)(H,23,27)/t14?,15-,16-,17-,18+/m0/s1. The molecular weight excluding hydrogens is 436 g/mol. The van der Waals surface area contributed by atoms with Crippen LogP contribution in [0.1, 0.15) is 54.4 Å². The van der Waals surface area contributed by atoms with Crippen molar-refractivity contribution in [3.63, 3.8) is 0 Å². The van der Waals surface area contributed by atoms with Crippen LogP contribution in [0.5, 0.6) is 0 Å². The molecule has 32 heavy (non-hydrogen) atoms. The average molecular weight is 473 g/mol. The number of carbonyl (C=O) groups excluding carboxylic acids is 4. The van der Waals surface area contributed by atoms with Crippen LogP contribution in [0.3, 0.4) is 0 Å². The van der Waals surface area contributed by atoms with Crippen LogP contribution in [-0.2, 0) is 29.2 Å². The number of nitrogens with one attached hydrogen (secondary N) is 2. The van der Waals surface area contributed by atoms with Crippen molar-refractivity contribution in [2.45, 2.75) is 78.6 Å². The molecule has 0 aromatic rings. The number of fused-ring (bicyclic) bond motifs is 1. The zero-order valence-corrected chi connectivity index (χ0v) is 20.7. The van der Waals surface area contributed by atoms with E-state index in [4.69, 9.17) is 0 Å². The molecule has 10 nitrogen and oxygen atoms in total. The lowest BCUT2D eigenvalue weighted by Crippen LogP contribution is -2.58. The number of amides is 4. The second-order valence-electron chi connectivity index (χ2n) is 9.44. The summed E-state index contributed by atoms with van der Waals surface area (Å²) in [6.07, 6.45) is 1.78. The highest BCUT2D eigenvalue weighted by molar-refractivity contribution is 7.88. The predicted molar refractivity (Wildman–Crippen MR) is 119 cm³/mol. The molecule has 0 radical (unpaired) electrons. The molecular formula is C21H36N4O6S. The molecule has 0 bridgehead atoms. The van der Waals surface area contributed by atoms with Gasteiger partial charge in [0.15, 0.2) is 0 Å². The van der Waals surface area contributed by atoms with E-state index >= 15 is 0 Å². The molecule has 0 aliphatic carbocycles. The van der Waals surface area contributed by atoms with Crippen LogP contribution in [-0.4, -0.2) is 78.2 Å². The number of carbonyl (C=O) groups is 4. The molecule has 2 heterocycles. The van der Waals surface area contributed by atoms with Crippen LogP contribution in [0.4, 0.5) is 0 Å². The number of hydrogen-bond acceptors (Lipinski definition) is 6. The van der Waals surface area contributed by atoms with E-state index in [1.54, 1.807) is 39.5 Å². The maximum Gasteiger partial charge on any atom is 0.245 e. The van der Waals surface area contributed by atoms with E-state index in [2.05, 4.69) is 10.6 Å². The van der Waals surface area contributed by atoms with Crippen LogP contribution < -0.4 is 10.6 Å². The number of rotatable bonds is 8. The zero-order valence-electron chi connectivity index (χ0n) is 19.9. The quantitative estimate of drug-likeness (QED) is 0.514. The van der Waals surface area contributed by atoms with Gasteiger partial charge < -0.3 is 15.5 Å². The van der Waals surface area contributed by atoms with E-state index in [0.29, 0.717) is 19.4 Å². The minimum absolute atomic E-state index is 0.182. The van der Waals surface area contributed by atoms with Gasteiger partial charge in [-0.25, -0.2) is 12.7 Å². The van der Waals surface area contributed by atoms with Crippen molar-refractivity contribution in [3.05, 3.63) is 0 Å². The van der Waals surface area contributed by atoms with Gasteiger partial charge in [-0.15, -0.1) is 0 Å². The summed E-state index contributed by atoms with van der Waals surface area (Å²) >= 11 is 0. The Morgan fingerprint density at radius 1 is 1.06 bits per heavy atom. The number of likely N-dealkylation sites (tertiary alicyclic amines) is 1. The summed E-state index contributed by atoms with van der Waals surface area (Å²) in [6, 6.07) is -2.79. The molecule has 0 aromatic heterocycles. The Morgan fingerprint density at radius 3 is 2.06 bits per heavy atom. The normalized spacial score (nSPS) is 25.2. The predicted octanol–water partition coefficient (Wildman–Crippen LogP) is 0.0854. The second kappa shape index (κ2) is 9.76. The lowest BCUT2D eigenvalue weighted by molar-refractivity contribution is -0.140. The molecule has 2 N–H and O–H groups in total. The third kappa shape index (κ3) is 5.07. The van der Waals surface area contributed by atoms with Gasteiger partial charge in [0, 0.05) is 13.5 Å². The molecule has 2 saturated heterocycles. The highest BCUT2D eigenvalue weighted by atomic mass is 32.2. The minimum atomic E-state index is -3.75. The smallest absolute Gasteiger partial charge is 0.245 e. The van der Waals surface area contributed by atoms with Gasteiger partial charge in [0.2, 0.25) is 33.7 Å². The van der Waals surface area contributed by atoms with E-state index in [1.165, 1.54) is 6.92 Å². The maximum absolute atomic E-state index is 13.5. The van der Waals surface area contributed by atoms with Crippen molar-refractivity contribution in [3.8, 4) is 0 Å². The van der Waals surface area contributed by atoms with Crippen molar-refractivity contribution < 1.29 is 27.6 Å². The first-order valence-electron chi connectivity index (χ1n) is 11.1. The Balaban J connectivity index is 2.30. The van der Waals surface area contributed by atoms with Crippen molar-refractivity contribution >= 4 is 33.7 Å². The number of nitrogens with zero attached hydrogens (tertiary/aromatic N) is 2.